The number of hydrogen-bond acceptors (Lipinski definition) is 4. The fraction of sp³-hybridized carbons (Fsp3) is 0.263. The first-order valence-electron chi connectivity index (χ1n) is 7.81. The first kappa shape index (κ1) is 19.0. The van der Waals surface area contributed by atoms with Crippen molar-refractivity contribution < 1.29 is 19.1 Å². The van der Waals surface area contributed by atoms with E-state index >= 15 is 0 Å². The van der Waals surface area contributed by atoms with Crippen LogP contribution in [0.15, 0.2) is 53.0 Å². The van der Waals surface area contributed by atoms with Crippen molar-refractivity contribution in [1.82, 2.24) is 5.32 Å². The van der Waals surface area contributed by atoms with Crippen LogP contribution in [0.5, 0.6) is 5.75 Å². The maximum atomic E-state index is 11.9. The molecule has 0 unspecified atom stereocenters. The Bertz CT molecular complexity index is 730. The predicted molar refractivity (Wildman–Crippen MR) is 98.4 cm³/mol. The fourth-order valence-electron chi connectivity index (χ4n) is 2.26. The van der Waals surface area contributed by atoms with E-state index in [2.05, 4.69) is 21.2 Å². The molecule has 2 aromatic rings. The van der Waals surface area contributed by atoms with Gasteiger partial charge in [-0.2, -0.15) is 0 Å². The Morgan fingerprint density at radius 1 is 1.16 bits per heavy atom. The fourth-order valence-corrected chi connectivity index (χ4v) is 2.53. The number of esters is 1. The summed E-state index contributed by atoms with van der Waals surface area (Å²) in [5, 5.41) is 2.80. The van der Waals surface area contributed by atoms with Crippen LogP contribution >= 0.6 is 15.9 Å². The number of ether oxygens (including phenoxy) is 2. The Morgan fingerprint density at radius 2 is 1.88 bits per heavy atom. The summed E-state index contributed by atoms with van der Waals surface area (Å²) in [4.78, 5) is 23.8. The largest absolute Gasteiger partial charge is 0.497 e. The summed E-state index contributed by atoms with van der Waals surface area (Å²) >= 11 is 3.37. The summed E-state index contributed by atoms with van der Waals surface area (Å²) in [5.41, 5.74) is 1.74. The molecule has 1 atom stereocenters. The molecule has 6 heteroatoms. The number of halogens is 1. The first-order valence-corrected chi connectivity index (χ1v) is 8.60. The number of nitrogens with one attached hydrogen (secondary N) is 1. The van der Waals surface area contributed by atoms with Crippen LogP contribution in [0.3, 0.4) is 0 Å². The van der Waals surface area contributed by atoms with E-state index < -0.39 is 5.97 Å². The number of rotatable bonds is 7. The van der Waals surface area contributed by atoms with Crippen LogP contribution in [0.2, 0.25) is 0 Å². The van der Waals surface area contributed by atoms with Crippen LogP contribution in [-0.2, 0) is 20.7 Å². The van der Waals surface area contributed by atoms with E-state index in [1.807, 2.05) is 31.2 Å². The van der Waals surface area contributed by atoms with Crippen LogP contribution in [0, 0.1) is 0 Å². The highest BCUT2D eigenvalue weighted by Gasteiger charge is 2.12. The molecular weight excluding hydrogens is 386 g/mol. The molecule has 0 saturated heterocycles. The molecule has 132 valence electrons. The number of carbonyl (C=O) groups is 2. The minimum Gasteiger partial charge on any atom is -0.497 e. The van der Waals surface area contributed by atoms with Crippen molar-refractivity contribution in [3.8, 4) is 5.75 Å². The van der Waals surface area contributed by atoms with Crippen LogP contribution in [0.4, 0.5) is 0 Å². The molecule has 1 N–H and O–H groups in total. The van der Waals surface area contributed by atoms with E-state index in [0.29, 0.717) is 5.75 Å². The molecule has 0 radical (unpaired) electrons. The van der Waals surface area contributed by atoms with Gasteiger partial charge in [0.2, 0.25) is 0 Å². The summed E-state index contributed by atoms with van der Waals surface area (Å²) in [5.74, 6) is -0.125. The summed E-state index contributed by atoms with van der Waals surface area (Å²) < 4.78 is 11.1. The highest BCUT2D eigenvalue weighted by Crippen LogP contribution is 2.16. The van der Waals surface area contributed by atoms with Gasteiger partial charge < -0.3 is 14.8 Å². The highest BCUT2D eigenvalue weighted by atomic mass is 79.9. The third-order valence-electron chi connectivity index (χ3n) is 3.59. The van der Waals surface area contributed by atoms with Gasteiger partial charge >= 0.3 is 5.97 Å². The van der Waals surface area contributed by atoms with Crippen LogP contribution in [0.25, 0.3) is 0 Å². The summed E-state index contributed by atoms with van der Waals surface area (Å²) in [6, 6.07) is 14.7. The Labute approximate surface area is 155 Å². The van der Waals surface area contributed by atoms with Crippen molar-refractivity contribution in [3.05, 3.63) is 64.1 Å². The van der Waals surface area contributed by atoms with Crippen LogP contribution in [0.1, 0.15) is 24.1 Å². The van der Waals surface area contributed by atoms with Crippen LogP contribution in [-0.4, -0.2) is 25.6 Å². The molecule has 5 nitrogen and oxygen atoms in total. The van der Waals surface area contributed by atoms with Gasteiger partial charge in [0.25, 0.3) is 5.91 Å². The molecular formula is C19H20BrNO4. The van der Waals surface area contributed by atoms with E-state index in [9.17, 15) is 9.59 Å². The van der Waals surface area contributed by atoms with Crippen molar-refractivity contribution in [1.29, 1.82) is 0 Å². The predicted octanol–water partition coefficient (Wildman–Crippen LogP) is 3.42. The standard InChI is InChI=1S/C19H20BrNO4/c1-13(15-6-8-16(20)9-7-15)21-18(22)12-25-19(23)11-14-4-3-5-17(10-14)24-2/h3-10,13H,11-12H2,1-2H3,(H,21,22)/t13-/m1/s1. The Morgan fingerprint density at radius 3 is 2.56 bits per heavy atom. The second-order valence-corrected chi connectivity index (χ2v) is 6.45. The second-order valence-electron chi connectivity index (χ2n) is 5.53. The molecule has 0 bridgehead atoms. The lowest BCUT2D eigenvalue weighted by molar-refractivity contribution is -0.148. The average Bonchev–Trinajstić information content (AvgIpc) is 2.60. The number of hydrogen-bond donors (Lipinski definition) is 1. The van der Waals surface area contributed by atoms with Crippen molar-refractivity contribution in [2.24, 2.45) is 0 Å². The zero-order valence-electron chi connectivity index (χ0n) is 14.1. The van der Waals surface area contributed by atoms with E-state index in [0.717, 1.165) is 15.6 Å². The SMILES string of the molecule is COc1cccc(CC(=O)OCC(=O)N[C@H](C)c2ccc(Br)cc2)c1. The minimum atomic E-state index is -0.459. The molecule has 0 fully saturated rings. The average molecular weight is 406 g/mol. The van der Waals surface area contributed by atoms with Crippen LogP contribution < -0.4 is 10.1 Å². The zero-order valence-corrected chi connectivity index (χ0v) is 15.7. The van der Waals surface area contributed by atoms with Gasteiger partial charge in [0.15, 0.2) is 6.61 Å². The Hall–Kier alpha value is -2.34. The first-order chi connectivity index (χ1) is 12.0. The van der Waals surface area contributed by atoms with E-state index in [-0.39, 0.29) is 25.0 Å². The van der Waals surface area contributed by atoms with Crippen molar-refractivity contribution >= 4 is 27.8 Å². The summed E-state index contributed by atoms with van der Waals surface area (Å²) in [6.07, 6.45) is 0.0900. The minimum absolute atomic E-state index is 0.0900. The quantitative estimate of drug-likeness (QED) is 0.716. The molecule has 1 amide bonds. The monoisotopic (exact) mass is 405 g/mol. The number of carbonyl (C=O) groups excluding carboxylic acids is 2. The molecule has 0 aliphatic carbocycles. The van der Waals surface area contributed by atoms with Gasteiger partial charge in [-0.05, 0) is 42.3 Å². The van der Waals surface area contributed by atoms with Gasteiger partial charge in [-0.1, -0.05) is 40.2 Å². The molecule has 0 saturated carbocycles. The van der Waals surface area contributed by atoms with Gasteiger partial charge in [-0.25, -0.2) is 0 Å². The van der Waals surface area contributed by atoms with E-state index in [1.165, 1.54) is 0 Å². The lowest BCUT2D eigenvalue weighted by atomic mass is 10.1. The molecule has 0 aromatic heterocycles. The van der Waals surface area contributed by atoms with Gasteiger partial charge in [0, 0.05) is 4.47 Å². The lowest BCUT2D eigenvalue weighted by Crippen LogP contribution is -2.31. The number of amides is 1. The maximum absolute atomic E-state index is 11.9. The second kappa shape index (κ2) is 9.22. The normalized spacial score (nSPS) is 11.5. The number of methoxy groups -OCH3 is 1. The number of benzene rings is 2. The Balaban J connectivity index is 1.78. The molecule has 0 heterocycles. The molecule has 0 aliphatic heterocycles. The molecule has 0 spiro atoms. The van der Waals surface area contributed by atoms with Gasteiger partial charge in [-0.3, -0.25) is 9.59 Å². The van der Waals surface area contributed by atoms with E-state index in [1.54, 1.807) is 31.4 Å². The lowest BCUT2D eigenvalue weighted by Gasteiger charge is -2.14. The smallest absolute Gasteiger partial charge is 0.310 e. The highest BCUT2D eigenvalue weighted by molar-refractivity contribution is 9.10. The summed E-state index contributed by atoms with van der Waals surface area (Å²) in [7, 11) is 1.56. The molecule has 25 heavy (non-hydrogen) atoms. The van der Waals surface area contributed by atoms with Gasteiger partial charge in [0.05, 0.1) is 19.6 Å². The maximum Gasteiger partial charge on any atom is 0.310 e. The Kier molecular flexibility index (Phi) is 7.01. The van der Waals surface area contributed by atoms with Crippen molar-refractivity contribution in [3.63, 3.8) is 0 Å². The van der Waals surface area contributed by atoms with Gasteiger partial charge in [-0.15, -0.1) is 0 Å². The third kappa shape index (κ3) is 6.23. The summed E-state index contributed by atoms with van der Waals surface area (Å²) in [6.45, 7) is 1.57. The molecule has 0 aliphatic rings. The molecule has 2 rings (SSSR count). The molecule has 2 aromatic carbocycles. The van der Waals surface area contributed by atoms with Gasteiger partial charge in [0.1, 0.15) is 5.75 Å². The third-order valence-corrected chi connectivity index (χ3v) is 4.12. The van der Waals surface area contributed by atoms with E-state index in [4.69, 9.17) is 9.47 Å². The topological polar surface area (TPSA) is 64.6 Å². The zero-order chi connectivity index (χ0) is 18.2. The van der Waals surface area contributed by atoms with Crippen molar-refractivity contribution in [2.45, 2.75) is 19.4 Å². The van der Waals surface area contributed by atoms with Crippen molar-refractivity contribution in [2.75, 3.05) is 13.7 Å².